The highest BCUT2D eigenvalue weighted by atomic mass is 31.2. The number of nitrogens with zero attached hydrogens (tertiary/aromatic N) is 1. The minimum Gasteiger partial charge on any atom is -0.756 e. The van der Waals surface area contributed by atoms with Crippen LogP contribution in [0.1, 0.15) is 213 Å². The molecule has 0 saturated carbocycles. The SMILES string of the molecule is CCCCCCC/C=C\C/C=C\C/C=C\CCCCCCCCCCC(=O)NC(COP(=O)([O-])OCC[N+](C)(C)C)C(O)/C=C/CCCCCCCCCCCCCC. The molecule has 3 unspecified atom stereocenters. The summed E-state index contributed by atoms with van der Waals surface area (Å²) in [5.41, 5.74) is 0. The molecule has 0 aromatic carbocycles. The van der Waals surface area contributed by atoms with E-state index in [9.17, 15) is 19.4 Å². The average Bonchev–Trinajstić information content (AvgIpc) is 3.19. The van der Waals surface area contributed by atoms with Crippen LogP contribution >= 0.6 is 7.82 Å². The second kappa shape index (κ2) is 41.8. The van der Waals surface area contributed by atoms with Crippen molar-refractivity contribution in [3.63, 3.8) is 0 Å². The van der Waals surface area contributed by atoms with Gasteiger partial charge in [-0.3, -0.25) is 9.36 Å². The van der Waals surface area contributed by atoms with Crippen LogP contribution < -0.4 is 10.2 Å². The van der Waals surface area contributed by atoms with E-state index in [1.54, 1.807) is 6.08 Å². The third-order valence-corrected chi connectivity index (χ3v) is 11.7. The molecule has 0 bridgehead atoms. The van der Waals surface area contributed by atoms with Gasteiger partial charge < -0.3 is 28.8 Å². The zero-order valence-corrected chi connectivity index (χ0v) is 40.1. The van der Waals surface area contributed by atoms with Gasteiger partial charge in [-0.1, -0.05) is 197 Å². The third kappa shape index (κ3) is 44.3. The lowest BCUT2D eigenvalue weighted by molar-refractivity contribution is -0.870. The minimum atomic E-state index is -4.59. The molecule has 59 heavy (non-hydrogen) atoms. The van der Waals surface area contributed by atoms with Crippen LogP contribution in [0, 0.1) is 0 Å². The van der Waals surface area contributed by atoms with E-state index in [0.29, 0.717) is 17.4 Å². The molecule has 0 radical (unpaired) electrons. The maximum atomic E-state index is 12.9. The lowest BCUT2D eigenvalue weighted by atomic mass is 10.0. The molecule has 0 aliphatic carbocycles. The van der Waals surface area contributed by atoms with Gasteiger partial charge in [-0.05, 0) is 57.8 Å². The molecule has 0 fully saturated rings. The van der Waals surface area contributed by atoms with Crippen molar-refractivity contribution < 1.29 is 32.9 Å². The molecule has 9 heteroatoms. The Balaban J connectivity index is 4.33. The van der Waals surface area contributed by atoms with Gasteiger partial charge in [0.15, 0.2) is 0 Å². The monoisotopic (exact) mass is 851 g/mol. The Morgan fingerprint density at radius 2 is 0.983 bits per heavy atom. The number of carbonyl (C=O) groups is 1. The molecule has 8 nitrogen and oxygen atoms in total. The summed E-state index contributed by atoms with van der Waals surface area (Å²) in [6.45, 7) is 4.63. The molecular formula is C50H95N2O6P. The van der Waals surface area contributed by atoms with Gasteiger partial charge in [0.2, 0.25) is 5.91 Å². The van der Waals surface area contributed by atoms with Crippen molar-refractivity contribution in [1.82, 2.24) is 5.32 Å². The van der Waals surface area contributed by atoms with Crippen LogP contribution in [-0.2, 0) is 18.4 Å². The standard InChI is InChI=1S/C50H95N2O6P/c1-6-8-10-12-14-16-18-20-22-23-24-25-26-27-28-29-30-32-34-36-38-40-42-44-50(54)51-48(47-58-59(55,56)57-46-45-52(3,4)5)49(53)43-41-39-37-35-33-31-21-19-17-15-13-11-9-7-2/h18,20,23-24,26-27,41,43,48-49,53H,6-17,19,21-22,25,28-40,42,44-47H2,1-5H3,(H-,51,54,55,56)/b20-18-,24-23-,27-26-,43-41+. The Bertz CT molecular complexity index is 1100. The highest BCUT2D eigenvalue weighted by Gasteiger charge is 2.23. The number of phosphoric ester groups is 1. The number of likely N-dealkylation sites (N-methyl/N-ethyl adjacent to an activating group) is 1. The Morgan fingerprint density at radius 1 is 0.593 bits per heavy atom. The van der Waals surface area contributed by atoms with E-state index in [1.165, 1.54) is 135 Å². The number of allylic oxidation sites excluding steroid dienone is 7. The first-order valence-electron chi connectivity index (χ1n) is 24.5. The van der Waals surface area contributed by atoms with Crippen molar-refractivity contribution >= 4 is 13.7 Å². The van der Waals surface area contributed by atoms with E-state index >= 15 is 0 Å². The number of carbonyl (C=O) groups excluding carboxylic acids is 1. The fourth-order valence-electron chi connectivity index (χ4n) is 6.86. The molecule has 0 aromatic rings. The van der Waals surface area contributed by atoms with E-state index in [1.807, 2.05) is 27.2 Å². The first-order chi connectivity index (χ1) is 28.5. The van der Waals surface area contributed by atoms with Crippen LogP contribution in [0.15, 0.2) is 48.6 Å². The molecule has 0 aliphatic heterocycles. The number of hydrogen-bond donors (Lipinski definition) is 2. The van der Waals surface area contributed by atoms with Crippen molar-refractivity contribution in [2.45, 2.75) is 225 Å². The van der Waals surface area contributed by atoms with Gasteiger partial charge in [0.05, 0.1) is 39.9 Å². The lowest BCUT2D eigenvalue weighted by Gasteiger charge is -2.29. The Labute approximate surface area is 365 Å². The number of unbranched alkanes of at least 4 members (excludes halogenated alkanes) is 25. The second-order valence-corrected chi connectivity index (χ2v) is 19.2. The Hall–Kier alpha value is -1.54. The largest absolute Gasteiger partial charge is 0.756 e. The second-order valence-electron chi connectivity index (χ2n) is 17.8. The molecule has 0 saturated heterocycles. The lowest BCUT2D eigenvalue weighted by Crippen LogP contribution is -2.45. The summed E-state index contributed by atoms with van der Waals surface area (Å²) in [7, 11) is 1.25. The molecule has 0 heterocycles. The minimum absolute atomic E-state index is 0.00383. The van der Waals surface area contributed by atoms with E-state index in [4.69, 9.17) is 9.05 Å². The summed E-state index contributed by atoms with van der Waals surface area (Å²) in [5.74, 6) is -0.206. The van der Waals surface area contributed by atoms with Crippen LogP contribution in [0.25, 0.3) is 0 Å². The van der Waals surface area contributed by atoms with Crippen LogP contribution in [0.5, 0.6) is 0 Å². The fourth-order valence-corrected chi connectivity index (χ4v) is 7.59. The number of hydrogen-bond acceptors (Lipinski definition) is 6. The summed E-state index contributed by atoms with van der Waals surface area (Å²) < 4.78 is 23.2. The fraction of sp³-hybridized carbons (Fsp3) is 0.820. The number of aliphatic hydroxyl groups excluding tert-OH is 1. The highest BCUT2D eigenvalue weighted by molar-refractivity contribution is 7.45. The van der Waals surface area contributed by atoms with E-state index in [2.05, 4.69) is 55.6 Å². The van der Waals surface area contributed by atoms with Crippen molar-refractivity contribution in [2.24, 2.45) is 0 Å². The number of aliphatic hydroxyl groups is 1. The zero-order valence-electron chi connectivity index (χ0n) is 39.2. The number of phosphoric acid groups is 1. The Morgan fingerprint density at radius 3 is 1.42 bits per heavy atom. The summed E-state index contributed by atoms with van der Waals surface area (Å²) in [6.07, 6.45) is 53.0. The normalized spacial score (nSPS) is 14.6. The quantitative estimate of drug-likeness (QED) is 0.0274. The van der Waals surface area contributed by atoms with Crippen molar-refractivity contribution in [3.8, 4) is 0 Å². The molecule has 0 aliphatic rings. The van der Waals surface area contributed by atoms with Crippen molar-refractivity contribution in [2.75, 3.05) is 40.9 Å². The number of nitrogens with one attached hydrogen (secondary N) is 1. The summed E-state index contributed by atoms with van der Waals surface area (Å²) in [4.78, 5) is 25.4. The maximum absolute atomic E-state index is 12.9. The number of amides is 1. The molecule has 3 atom stereocenters. The molecular weight excluding hydrogens is 756 g/mol. The average molecular weight is 851 g/mol. The predicted molar refractivity (Wildman–Crippen MR) is 251 cm³/mol. The predicted octanol–water partition coefficient (Wildman–Crippen LogP) is 13.4. The number of quaternary nitrogens is 1. The number of rotatable bonds is 44. The van der Waals surface area contributed by atoms with Crippen molar-refractivity contribution in [1.29, 1.82) is 0 Å². The van der Waals surface area contributed by atoms with E-state index in [0.717, 1.165) is 57.8 Å². The summed E-state index contributed by atoms with van der Waals surface area (Å²) in [6, 6.07) is -0.890. The van der Waals surface area contributed by atoms with Crippen LogP contribution in [0.2, 0.25) is 0 Å². The van der Waals surface area contributed by atoms with Gasteiger partial charge in [-0.25, -0.2) is 0 Å². The molecule has 0 spiro atoms. The van der Waals surface area contributed by atoms with Crippen LogP contribution in [0.3, 0.4) is 0 Å². The molecule has 0 aromatic heterocycles. The highest BCUT2D eigenvalue weighted by Crippen LogP contribution is 2.38. The first kappa shape index (κ1) is 57.5. The van der Waals surface area contributed by atoms with Crippen LogP contribution in [0.4, 0.5) is 0 Å². The zero-order chi connectivity index (χ0) is 43.6. The van der Waals surface area contributed by atoms with Gasteiger partial charge in [-0.15, -0.1) is 0 Å². The summed E-state index contributed by atoms with van der Waals surface area (Å²) >= 11 is 0. The van der Waals surface area contributed by atoms with E-state index < -0.39 is 20.0 Å². The molecule has 1 amide bonds. The maximum Gasteiger partial charge on any atom is 0.268 e. The summed E-state index contributed by atoms with van der Waals surface area (Å²) in [5, 5.41) is 13.8. The van der Waals surface area contributed by atoms with Crippen molar-refractivity contribution in [3.05, 3.63) is 48.6 Å². The van der Waals surface area contributed by atoms with Gasteiger partial charge in [0, 0.05) is 6.42 Å². The van der Waals surface area contributed by atoms with Gasteiger partial charge in [0.25, 0.3) is 7.82 Å². The third-order valence-electron chi connectivity index (χ3n) is 10.8. The first-order valence-corrected chi connectivity index (χ1v) is 26.0. The topological polar surface area (TPSA) is 108 Å². The molecule has 2 N–H and O–H groups in total. The van der Waals surface area contributed by atoms with Gasteiger partial charge in [0.1, 0.15) is 13.2 Å². The van der Waals surface area contributed by atoms with E-state index in [-0.39, 0.29) is 19.1 Å². The van der Waals surface area contributed by atoms with Gasteiger partial charge in [-0.2, -0.15) is 0 Å². The Kier molecular flexibility index (Phi) is 40.7. The molecule has 346 valence electrons. The molecule has 0 rings (SSSR count). The van der Waals surface area contributed by atoms with Crippen LogP contribution in [-0.4, -0.2) is 68.5 Å². The smallest absolute Gasteiger partial charge is 0.268 e. The van der Waals surface area contributed by atoms with Gasteiger partial charge >= 0.3 is 0 Å².